The Morgan fingerprint density at radius 2 is 2.38 bits per heavy atom. The Kier molecular flexibility index (Phi) is 6.29. The average molecular weight is 313 g/mol. The van der Waals surface area contributed by atoms with Gasteiger partial charge in [-0.3, -0.25) is 4.79 Å². The van der Waals surface area contributed by atoms with Gasteiger partial charge in [0.2, 0.25) is 5.91 Å². The number of anilines is 1. The van der Waals surface area contributed by atoms with Gasteiger partial charge in [0.15, 0.2) is 0 Å². The maximum absolute atomic E-state index is 11.9. The van der Waals surface area contributed by atoms with Crippen LogP contribution in [0.15, 0.2) is 18.2 Å². The summed E-state index contributed by atoms with van der Waals surface area (Å²) in [5, 5.41) is 6.61. The number of benzene rings is 1. The van der Waals surface area contributed by atoms with Crippen LogP contribution in [0.1, 0.15) is 19.3 Å². The molecule has 1 heterocycles. The quantitative estimate of drug-likeness (QED) is 0.759. The zero-order chi connectivity index (χ0) is 15.1. The van der Waals surface area contributed by atoms with E-state index in [4.69, 9.17) is 21.1 Å². The molecule has 0 aromatic heterocycles. The normalized spacial score (nSPS) is 17.7. The van der Waals surface area contributed by atoms with Crippen LogP contribution in [-0.2, 0) is 9.53 Å². The third-order valence-corrected chi connectivity index (χ3v) is 3.60. The number of hydrogen-bond acceptors (Lipinski definition) is 4. The van der Waals surface area contributed by atoms with E-state index in [0.717, 1.165) is 26.0 Å². The first kappa shape index (κ1) is 16.1. The Balaban J connectivity index is 1.72. The fourth-order valence-electron chi connectivity index (χ4n) is 2.26. The second-order valence-corrected chi connectivity index (χ2v) is 5.42. The van der Waals surface area contributed by atoms with Crippen LogP contribution in [0.2, 0.25) is 5.02 Å². The fourth-order valence-corrected chi connectivity index (χ4v) is 2.43. The number of carbonyl (C=O) groups excluding carboxylic acids is 1. The van der Waals surface area contributed by atoms with Crippen molar-refractivity contribution in [3.05, 3.63) is 23.2 Å². The monoisotopic (exact) mass is 312 g/mol. The number of ether oxygens (including phenoxy) is 2. The van der Waals surface area contributed by atoms with Gasteiger partial charge in [-0.05, 0) is 31.0 Å². The van der Waals surface area contributed by atoms with Crippen LogP contribution in [0, 0.1) is 0 Å². The molecule has 2 rings (SSSR count). The maximum atomic E-state index is 11.9. The van der Waals surface area contributed by atoms with Crippen LogP contribution in [0.3, 0.4) is 0 Å². The smallest absolute Gasteiger partial charge is 0.225 e. The Bertz CT molecular complexity index is 476. The van der Waals surface area contributed by atoms with E-state index in [9.17, 15) is 4.79 Å². The molecule has 2 N–H and O–H groups in total. The van der Waals surface area contributed by atoms with Gasteiger partial charge in [-0.25, -0.2) is 0 Å². The summed E-state index contributed by atoms with van der Waals surface area (Å²) in [6.45, 7) is 2.27. The van der Waals surface area contributed by atoms with Crippen molar-refractivity contribution in [2.24, 2.45) is 0 Å². The number of methoxy groups -OCH3 is 1. The molecular formula is C15H21ClN2O3. The molecule has 0 bridgehead atoms. The molecule has 1 aliphatic heterocycles. The van der Waals surface area contributed by atoms with E-state index in [2.05, 4.69) is 10.6 Å². The number of nitrogens with one attached hydrogen (secondary N) is 2. The van der Waals surface area contributed by atoms with E-state index >= 15 is 0 Å². The predicted molar refractivity (Wildman–Crippen MR) is 83.1 cm³/mol. The largest absolute Gasteiger partial charge is 0.495 e. The molecule has 116 valence electrons. The molecule has 1 amide bonds. The molecule has 0 radical (unpaired) electrons. The summed E-state index contributed by atoms with van der Waals surface area (Å²) in [7, 11) is 1.56. The summed E-state index contributed by atoms with van der Waals surface area (Å²) in [6.07, 6.45) is 2.91. The van der Waals surface area contributed by atoms with Crippen molar-refractivity contribution in [1.29, 1.82) is 0 Å². The molecular weight excluding hydrogens is 292 g/mol. The highest BCUT2D eigenvalue weighted by molar-refractivity contribution is 6.31. The van der Waals surface area contributed by atoms with Crippen LogP contribution in [-0.4, -0.2) is 38.8 Å². The molecule has 6 heteroatoms. The van der Waals surface area contributed by atoms with Crippen molar-refractivity contribution < 1.29 is 14.3 Å². The van der Waals surface area contributed by atoms with Gasteiger partial charge < -0.3 is 20.1 Å². The Hall–Kier alpha value is -1.30. The SMILES string of the molecule is COc1ccc(Cl)cc1NC(=O)CCNC[C@@H]1CCCO1. The van der Waals surface area contributed by atoms with Gasteiger partial charge in [0.05, 0.1) is 18.9 Å². The number of halogens is 1. The molecule has 0 aliphatic carbocycles. The summed E-state index contributed by atoms with van der Waals surface area (Å²) < 4.78 is 10.7. The first-order chi connectivity index (χ1) is 10.2. The Morgan fingerprint density at radius 3 is 3.10 bits per heavy atom. The maximum Gasteiger partial charge on any atom is 0.225 e. The minimum absolute atomic E-state index is 0.0737. The minimum Gasteiger partial charge on any atom is -0.495 e. The van der Waals surface area contributed by atoms with Crippen molar-refractivity contribution in [1.82, 2.24) is 5.32 Å². The lowest BCUT2D eigenvalue weighted by molar-refractivity contribution is -0.116. The highest BCUT2D eigenvalue weighted by Gasteiger charge is 2.14. The van der Waals surface area contributed by atoms with Gasteiger partial charge in [0.1, 0.15) is 5.75 Å². The van der Waals surface area contributed by atoms with Crippen LogP contribution in [0.25, 0.3) is 0 Å². The Morgan fingerprint density at radius 1 is 1.52 bits per heavy atom. The van der Waals surface area contributed by atoms with Gasteiger partial charge in [0, 0.05) is 31.1 Å². The lowest BCUT2D eigenvalue weighted by Gasteiger charge is -2.12. The Labute approximate surface area is 130 Å². The van der Waals surface area contributed by atoms with Gasteiger partial charge in [-0.2, -0.15) is 0 Å². The second-order valence-electron chi connectivity index (χ2n) is 4.98. The molecule has 21 heavy (non-hydrogen) atoms. The third-order valence-electron chi connectivity index (χ3n) is 3.36. The topological polar surface area (TPSA) is 59.6 Å². The van der Waals surface area contributed by atoms with Crippen LogP contribution < -0.4 is 15.4 Å². The van der Waals surface area contributed by atoms with E-state index in [1.54, 1.807) is 25.3 Å². The highest BCUT2D eigenvalue weighted by atomic mass is 35.5. The van der Waals surface area contributed by atoms with E-state index in [1.165, 1.54) is 0 Å². The van der Waals surface area contributed by atoms with Gasteiger partial charge >= 0.3 is 0 Å². The van der Waals surface area contributed by atoms with E-state index in [0.29, 0.717) is 35.5 Å². The van der Waals surface area contributed by atoms with Gasteiger partial charge in [-0.15, -0.1) is 0 Å². The fraction of sp³-hybridized carbons (Fsp3) is 0.533. The summed E-state index contributed by atoms with van der Waals surface area (Å²) >= 11 is 5.92. The van der Waals surface area contributed by atoms with Crippen molar-refractivity contribution >= 4 is 23.2 Å². The standard InChI is InChI=1S/C15H21ClN2O3/c1-20-14-5-4-11(16)9-13(14)18-15(19)6-7-17-10-12-3-2-8-21-12/h4-5,9,12,17H,2-3,6-8,10H2,1H3,(H,18,19)/t12-/m0/s1. The molecule has 0 saturated carbocycles. The number of amides is 1. The van der Waals surface area contributed by atoms with E-state index in [1.807, 2.05) is 0 Å². The molecule has 1 saturated heterocycles. The van der Waals surface area contributed by atoms with Crippen molar-refractivity contribution in [3.63, 3.8) is 0 Å². The molecule has 1 aliphatic rings. The summed E-state index contributed by atoms with van der Waals surface area (Å²) in [5.74, 6) is 0.524. The number of carbonyl (C=O) groups is 1. The van der Waals surface area contributed by atoms with Crippen LogP contribution in [0.5, 0.6) is 5.75 Å². The molecule has 1 aromatic rings. The molecule has 1 fully saturated rings. The van der Waals surface area contributed by atoms with Crippen molar-refractivity contribution in [2.75, 3.05) is 32.1 Å². The molecule has 5 nitrogen and oxygen atoms in total. The lowest BCUT2D eigenvalue weighted by Crippen LogP contribution is -2.29. The summed E-state index contributed by atoms with van der Waals surface area (Å²) in [6, 6.07) is 5.13. The number of rotatable bonds is 7. The minimum atomic E-state index is -0.0737. The van der Waals surface area contributed by atoms with Gasteiger partial charge in [0.25, 0.3) is 0 Å². The average Bonchev–Trinajstić information content (AvgIpc) is 2.97. The molecule has 0 unspecified atom stereocenters. The van der Waals surface area contributed by atoms with Crippen LogP contribution in [0.4, 0.5) is 5.69 Å². The third kappa shape index (κ3) is 5.19. The second kappa shape index (κ2) is 8.22. The van der Waals surface area contributed by atoms with Crippen LogP contribution >= 0.6 is 11.6 Å². The van der Waals surface area contributed by atoms with Crippen molar-refractivity contribution in [3.8, 4) is 5.75 Å². The molecule has 1 aromatic carbocycles. The van der Waals surface area contributed by atoms with Gasteiger partial charge in [-0.1, -0.05) is 11.6 Å². The highest BCUT2D eigenvalue weighted by Crippen LogP contribution is 2.27. The first-order valence-corrected chi connectivity index (χ1v) is 7.52. The molecule has 0 spiro atoms. The lowest BCUT2D eigenvalue weighted by atomic mass is 10.2. The zero-order valence-electron chi connectivity index (χ0n) is 12.2. The summed E-state index contributed by atoms with van der Waals surface area (Å²) in [5.41, 5.74) is 0.592. The van der Waals surface area contributed by atoms with E-state index < -0.39 is 0 Å². The summed E-state index contributed by atoms with van der Waals surface area (Å²) in [4.78, 5) is 11.9. The predicted octanol–water partition coefficient (Wildman–Crippen LogP) is 2.45. The molecule has 1 atom stereocenters. The van der Waals surface area contributed by atoms with Crippen molar-refractivity contribution in [2.45, 2.75) is 25.4 Å². The zero-order valence-corrected chi connectivity index (χ0v) is 12.9. The first-order valence-electron chi connectivity index (χ1n) is 7.15. The van der Waals surface area contributed by atoms with E-state index in [-0.39, 0.29) is 5.91 Å². The number of hydrogen-bond donors (Lipinski definition) is 2.